The molecule has 0 fully saturated rings. The van der Waals surface area contributed by atoms with Crippen molar-refractivity contribution in [2.24, 2.45) is 0 Å². The molecule has 2 aromatic rings. The smallest absolute Gasteiger partial charge is 0.304 e. The number of hydrogen-bond acceptors (Lipinski definition) is 5. The summed E-state index contributed by atoms with van der Waals surface area (Å²) in [6.07, 6.45) is -0.710. The van der Waals surface area contributed by atoms with Gasteiger partial charge in [0.25, 0.3) is 0 Å². The van der Waals surface area contributed by atoms with E-state index in [1.165, 1.54) is 17.4 Å². The minimum atomic E-state index is -0.710. The monoisotopic (exact) mass is 292 g/mol. The Morgan fingerprint density at radius 3 is 2.65 bits per heavy atom. The van der Waals surface area contributed by atoms with Gasteiger partial charge in [0, 0.05) is 23.7 Å². The molecule has 0 aliphatic rings. The summed E-state index contributed by atoms with van der Waals surface area (Å²) in [5, 5.41) is 21.3. The quantitative estimate of drug-likeness (QED) is 0.687. The number of aryl methyl sites for hydroxylation is 1. The summed E-state index contributed by atoms with van der Waals surface area (Å²) in [4.78, 5) is 13.1. The van der Waals surface area contributed by atoms with E-state index >= 15 is 0 Å². The largest absolute Gasteiger partial charge is 0.388 e. The molecule has 20 heavy (non-hydrogen) atoms. The second-order valence-electron chi connectivity index (χ2n) is 4.67. The lowest BCUT2D eigenvalue weighted by Gasteiger charge is -2.17. The van der Waals surface area contributed by atoms with E-state index in [9.17, 15) is 15.2 Å². The molecule has 106 valence electrons. The van der Waals surface area contributed by atoms with Crippen molar-refractivity contribution in [3.63, 3.8) is 0 Å². The van der Waals surface area contributed by atoms with Crippen molar-refractivity contribution in [1.29, 1.82) is 0 Å². The maximum Gasteiger partial charge on any atom is 0.304 e. The topological polar surface area (TPSA) is 66.6 Å². The van der Waals surface area contributed by atoms with Crippen LogP contribution in [0.4, 0.5) is 16.4 Å². The van der Waals surface area contributed by atoms with Gasteiger partial charge in [-0.15, -0.1) is 11.3 Å². The third kappa shape index (κ3) is 2.81. The van der Waals surface area contributed by atoms with Gasteiger partial charge in [0.15, 0.2) is 5.00 Å². The summed E-state index contributed by atoms with van der Waals surface area (Å²) in [5.41, 5.74) is 1.99. The first-order valence-corrected chi connectivity index (χ1v) is 6.98. The van der Waals surface area contributed by atoms with E-state index in [-0.39, 0.29) is 5.69 Å². The lowest BCUT2D eigenvalue weighted by atomic mass is 10.2. The zero-order valence-electron chi connectivity index (χ0n) is 11.5. The van der Waals surface area contributed by atoms with E-state index in [0.29, 0.717) is 9.88 Å². The maximum absolute atomic E-state index is 11.2. The molecule has 0 spiro atoms. The summed E-state index contributed by atoms with van der Waals surface area (Å²) in [6, 6.07) is 9.19. The Morgan fingerprint density at radius 1 is 1.40 bits per heavy atom. The van der Waals surface area contributed by atoms with Crippen LogP contribution in [0.15, 0.2) is 30.3 Å². The zero-order valence-corrected chi connectivity index (χ0v) is 12.3. The third-order valence-corrected chi connectivity index (χ3v) is 4.39. The highest BCUT2D eigenvalue weighted by atomic mass is 32.1. The van der Waals surface area contributed by atoms with Gasteiger partial charge in [-0.1, -0.05) is 12.1 Å². The van der Waals surface area contributed by atoms with E-state index < -0.39 is 11.0 Å². The molecule has 1 aromatic carbocycles. The first-order valence-electron chi connectivity index (χ1n) is 6.16. The Morgan fingerprint density at radius 2 is 2.10 bits per heavy atom. The Labute approximate surface area is 121 Å². The first kappa shape index (κ1) is 14.5. The molecule has 0 aliphatic carbocycles. The Kier molecular flexibility index (Phi) is 4.06. The van der Waals surface area contributed by atoms with Gasteiger partial charge in [-0.2, -0.15) is 0 Å². The molecule has 6 heteroatoms. The SMILES string of the molecule is Cc1cccc(N(C)c2sc(C(C)O)cc2[N+](=O)[O-])c1. The van der Waals surface area contributed by atoms with Crippen molar-refractivity contribution in [1.82, 2.24) is 0 Å². The number of hydrogen-bond donors (Lipinski definition) is 1. The molecule has 0 aliphatic heterocycles. The molecule has 0 amide bonds. The van der Waals surface area contributed by atoms with Crippen molar-refractivity contribution >= 4 is 27.7 Å². The van der Waals surface area contributed by atoms with Crippen LogP contribution >= 0.6 is 11.3 Å². The summed E-state index contributed by atoms with van der Waals surface area (Å²) in [5.74, 6) is 0. The minimum absolute atomic E-state index is 0.0231. The molecule has 0 saturated carbocycles. The highest BCUT2D eigenvalue weighted by Crippen LogP contribution is 2.42. The van der Waals surface area contributed by atoms with Gasteiger partial charge in [0.05, 0.1) is 11.0 Å². The normalized spacial score (nSPS) is 12.2. The number of anilines is 2. The summed E-state index contributed by atoms with van der Waals surface area (Å²) in [6.45, 7) is 3.58. The predicted octanol–water partition coefficient (Wildman–Crippen LogP) is 3.79. The van der Waals surface area contributed by atoms with Crippen LogP contribution in [-0.2, 0) is 0 Å². The fourth-order valence-corrected chi connectivity index (χ4v) is 2.97. The summed E-state index contributed by atoms with van der Waals surface area (Å²) < 4.78 is 0. The second kappa shape index (κ2) is 5.60. The molecular weight excluding hydrogens is 276 g/mol. The van der Waals surface area contributed by atoms with Crippen molar-refractivity contribution in [2.45, 2.75) is 20.0 Å². The third-order valence-electron chi connectivity index (χ3n) is 3.01. The average Bonchev–Trinajstić information content (AvgIpc) is 2.83. The fourth-order valence-electron chi connectivity index (χ4n) is 1.92. The van der Waals surface area contributed by atoms with Crippen molar-refractivity contribution < 1.29 is 10.0 Å². The first-order chi connectivity index (χ1) is 9.40. The molecule has 1 heterocycles. The molecule has 1 N–H and O–H groups in total. The number of thiophene rings is 1. The number of nitrogens with zero attached hydrogens (tertiary/aromatic N) is 2. The van der Waals surface area contributed by atoms with Crippen LogP contribution in [-0.4, -0.2) is 17.1 Å². The zero-order chi connectivity index (χ0) is 14.9. The Balaban J connectivity index is 2.48. The van der Waals surface area contributed by atoms with Crippen LogP contribution in [0.2, 0.25) is 0 Å². The number of rotatable bonds is 4. The summed E-state index contributed by atoms with van der Waals surface area (Å²) >= 11 is 1.24. The molecule has 1 aromatic heterocycles. The molecule has 1 unspecified atom stereocenters. The van der Waals surface area contributed by atoms with E-state index in [2.05, 4.69) is 0 Å². The van der Waals surface area contributed by atoms with Crippen LogP contribution in [0.5, 0.6) is 0 Å². The Hall–Kier alpha value is -1.92. The number of aliphatic hydroxyl groups excluding tert-OH is 1. The number of aliphatic hydroxyl groups is 1. The molecule has 0 saturated heterocycles. The highest BCUT2D eigenvalue weighted by molar-refractivity contribution is 7.16. The van der Waals surface area contributed by atoms with Crippen LogP contribution in [0, 0.1) is 17.0 Å². The predicted molar refractivity (Wildman–Crippen MR) is 80.8 cm³/mol. The van der Waals surface area contributed by atoms with E-state index in [4.69, 9.17) is 0 Å². The fraction of sp³-hybridized carbons (Fsp3) is 0.286. The molecule has 1 atom stereocenters. The highest BCUT2D eigenvalue weighted by Gasteiger charge is 2.24. The van der Waals surface area contributed by atoms with Crippen molar-refractivity contribution in [3.8, 4) is 0 Å². The van der Waals surface area contributed by atoms with Crippen LogP contribution in [0.1, 0.15) is 23.5 Å². The van der Waals surface area contributed by atoms with Crippen molar-refractivity contribution in [3.05, 3.63) is 50.9 Å². The van der Waals surface area contributed by atoms with Crippen molar-refractivity contribution in [2.75, 3.05) is 11.9 Å². The van der Waals surface area contributed by atoms with Gasteiger partial charge in [-0.05, 0) is 31.5 Å². The lowest BCUT2D eigenvalue weighted by molar-refractivity contribution is -0.383. The molecule has 2 rings (SSSR count). The minimum Gasteiger partial charge on any atom is -0.388 e. The van der Waals surface area contributed by atoms with Crippen LogP contribution in [0.3, 0.4) is 0 Å². The van der Waals surface area contributed by atoms with E-state index in [0.717, 1.165) is 11.3 Å². The maximum atomic E-state index is 11.2. The molecular formula is C14H16N2O3S. The molecule has 5 nitrogen and oxygen atoms in total. The van der Waals surface area contributed by atoms with Gasteiger partial charge in [-0.3, -0.25) is 10.1 Å². The summed E-state index contributed by atoms with van der Waals surface area (Å²) in [7, 11) is 1.79. The van der Waals surface area contributed by atoms with Crippen LogP contribution in [0.25, 0.3) is 0 Å². The van der Waals surface area contributed by atoms with Gasteiger partial charge in [-0.25, -0.2) is 0 Å². The van der Waals surface area contributed by atoms with Gasteiger partial charge < -0.3 is 10.0 Å². The van der Waals surface area contributed by atoms with E-state index in [1.807, 2.05) is 31.2 Å². The number of nitro groups is 1. The van der Waals surface area contributed by atoms with Gasteiger partial charge in [0.2, 0.25) is 0 Å². The average molecular weight is 292 g/mol. The molecule has 0 bridgehead atoms. The number of benzene rings is 1. The lowest BCUT2D eigenvalue weighted by Crippen LogP contribution is -2.09. The van der Waals surface area contributed by atoms with Gasteiger partial charge in [0.1, 0.15) is 0 Å². The van der Waals surface area contributed by atoms with E-state index in [1.54, 1.807) is 18.9 Å². The molecule has 0 radical (unpaired) electrons. The standard InChI is InChI=1S/C14H16N2O3S/c1-9-5-4-6-11(7-9)15(3)14-12(16(18)19)8-13(20-14)10(2)17/h4-8,10,17H,1-3H3. The Bertz CT molecular complexity index is 637. The van der Waals surface area contributed by atoms with Crippen LogP contribution < -0.4 is 4.90 Å². The van der Waals surface area contributed by atoms with Gasteiger partial charge >= 0.3 is 5.69 Å². The second-order valence-corrected chi connectivity index (χ2v) is 5.73.